The van der Waals surface area contributed by atoms with Crippen molar-refractivity contribution < 1.29 is 14.3 Å². The summed E-state index contributed by atoms with van der Waals surface area (Å²) in [6.07, 6.45) is -0.0348. The lowest BCUT2D eigenvalue weighted by Crippen LogP contribution is -2.49. The number of hydrogen-bond acceptors (Lipinski definition) is 4. The van der Waals surface area contributed by atoms with Crippen molar-refractivity contribution in [2.75, 3.05) is 13.1 Å². The molecule has 0 bridgehead atoms. The summed E-state index contributed by atoms with van der Waals surface area (Å²) in [5, 5.41) is 11.8. The number of carbonyl (C=O) groups excluding carboxylic acids is 2. The Balaban J connectivity index is 2.68. The maximum atomic E-state index is 11.8. The predicted molar refractivity (Wildman–Crippen MR) is 64.6 cm³/mol. The average Bonchev–Trinajstić information content (AvgIpc) is 2.59. The molecule has 1 heterocycles. The fraction of sp³-hybridized carbons (Fsp3) is 0.750. The van der Waals surface area contributed by atoms with E-state index < -0.39 is 17.2 Å². The Kier molecular flexibility index (Phi) is 3.85. The summed E-state index contributed by atoms with van der Waals surface area (Å²) in [6, 6.07) is 2.08. The Morgan fingerprint density at radius 1 is 1.44 bits per heavy atom. The van der Waals surface area contributed by atoms with Gasteiger partial charge in [0, 0.05) is 19.9 Å². The van der Waals surface area contributed by atoms with Crippen LogP contribution in [0.25, 0.3) is 0 Å². The second kappa shape index (κ2) is 4.84. The summed E-state index contributed by atoms with van der Waals surface area (Å²) in [6.45, 7) is 7.28. The van der Waals surface area contributed by atoms with E-state index in [1.54, 1.807) is 20.8 Å². The van der Waals surface area contributed by atoms with Crippen molar-refractivity contribution >= 4 is 12.0 Å². The molecule has 1 aliphatic heterocycles. The van der Waals surface area contributed by atoms with Gasteiger partial charge in [-0.1, -0.05) is 0 Å². The Morgan fingerprint density at radius 3 is 2.50 bits per heavy atom. The maximum absolute atomic E-state index is 11.8. The molecule has 0 radical (unpaired) electrons. The summed E-state index contributed by atoms with van der Waals surface area (Å²) < 4.78 is 5.23. The van der Waals surface area contributed by atoms with E-state index in [2.05, 4.69) is 11.4 Å². The number of ether oxygens (including phenoxy) is 1. The Morgan fingerprint density at radius 2 is 2.06 bits per heavy atom. The minimum absolute atomic E-state index is 0.165. The highest BCUT2D eigenvalue weighted by Gasteiger charge is 2.42. The van der Waals surface area contributed by atoms with Crippen LogP contribution < -0.4 is 5.32 Å². The van der Waals surface area contributed by atoms with Crippen LogP contribution in [0.4, 0.5) is 4.79 Å². The number of nitrogens with one attached hydrogen (secondary N) is 1. The van der Waals surface area contributed by atoms with Gasteiger partial charge in [-0.3, -0.25) is 4.79 Å². The number of likely N-dealkylation sites (tertiary alicyclic amines) is 1. The van der Waals surface area contributed by atoms with Crippen LogP contribution >= 0.6 is 0 Å². The smallest absolute Gasteiger partial charge is 0.410 e. The van der Waals surface area contributed by atoms with Gasteiger partial charge in [-0.15, -0.1) is 0 Å². The standard InChI is InChI=1S/C12H19N3O3/c1-9(16)14-12(7-13)5-6-15(8-12)10(17)18-11(2,3)4/h5-6,8H2,1-4H3,(H,14,16)/t12-/m1/s1. The number of nitrogens with zero attached hydrogens (tertiary/aromatic N) is 2. The largest absolute Gasteiger partial charge is 0.444 e. The molecule has 1 atom stereocenters. The molecule has 1 N–H and O–H groups in total. The van der Waals surface area contributed by atoms with E-state index in [0.717, 1.165) is 0 Å². The highest BCUT2D eigenvalue weighted by atomic mass is 16.6. The van der Waals surface area contributed by atoms with Crippen molar-refractivity contribution in [1.82, 2.24) is 10.2 Å². The molecule has 0 aromatic heterocycles. The van der Waals surface area contributed by atoms with E-state index in [1.165, 1.54) is 11.8 Å². The van der Waals surface area contributed by atoms with Gasteiger partial charge in [-0.05, 0) is 20.8 Å². The van der Waals surface area contributed by atoms with Crippen LogP contribution in [0, 0.1) is 11.3 Å². The summed E-state index contributed by atoms with van der Waals surface area (Å²) in [4.78, 5) is 24.4. The molecule has 1 rings (SSSR count). The molecular formula is C12H19N3O3. The normalized spacial score (nSPS) is 23.4. The van der Waals surface area contributed by atoms with Gasteiger partial charge in [-0.2, -0.15) is 5.26 Å². The van der Waals surface area contributed by atoms with Crippen molar-refractivity contribution in [2.24, 2.45) is 0 Å². The van der Waals surface area contributed by atoms with Crippen molar-refractivity contribution in [3.63, 3.8) is 0 Å². The Bertz CT molecular complexity index is 394. The van der Waals surface area contributed by atoms with Gasteiger partial charge in [0.15, 0.2) is 0 Å². The van der Waals surface area contributed by atoms with Gasteiger partial charge in [0.25, 0.3) is 0 Å². The molecule has 6 heteroatoms. The Labute approximate surface area is 107 Å². The minimum atomic E-state index is -0.983. The molecule has 0 aliphatic carbocycles. The first-order valence-corrected chi connectivity index (χ1v) is 5.85. The first-order chi connectivity index (χ1) is 8.17. The van der Waals surface area contributed by atoms with Gasteiger partial charge in [0.1, 0.15) is 11.1 Å². The lowest BCUT2D eigenvalue weighted by molar-refractivity contribution is -0.120. The molecule has 2 amide bonds. The third kappa shape index (κ3) is 3.62. The number of nitriles is 1. The van der Waals surface area contributed by atoms with E-state index >= 15 is 0 Å². The quantitative estimate of drug-likeness (QED) is 0.756. The molecule has 0 unspecified atom stereocenters. The van der Waals surface area contributed by atoms with Crippen LogP contribution in [-0.2, 0) is 9.53 Å². The highest BCUT2D eigenvalue weighted by Crippen LogP contribution is 2.22. The number of hydrogen-bond donors (Lipinski definition) is 1. The molecule has 0 aromatic carbocycles. The molecule has 1 saturated heterocycles. The third-order valence-electron chi connectivity index (χ3n) is 2.55. The summed E-state index contributed by atoms with van der Waals surface area (Å²) in [5.74, 6) is -0.275. The van der Waals surface area contributed by atoms with E-state index in [-0.39, 0.29) is 12.5 Å². The summed E-state index contributed by atoms with van der Waals surface area (Å²) in [5.41, 5.74) is -1.55. The number of rotatable bonds is 1. The Hall–Kier alpha value is -1.77. The summed E-state index contributed by atoms with van der Waals surface area (Å²) >= 11 is 0. The zero-order chi connectivity index (χ0) is 14.0. The lowest BCUT2D eigenvalue weighted by atomic mass is 10.0. The molecule has 100 valence electrons. The first-order valence-electron chi connectivity index (χ1n) is 5.85. The van der Waals surface area contributed by atoms with Crippen LogP contribution in [0.2, 0.25) is 0 Å². The van der Waals surface area contributed by atoms with Gasteiger partial charge < -0.3 is 15.0 Å². The molecule has 1 aliphatic rings. The van der Waals surface area contributed by atoms with E-state index in [4.69, 9.17) is 10.00 Å². The van der Waals surface area contributed by atoms with Gasteiger partial charge in [0.05, 0.1) is 12.6 Å². The van der Waals surface area contributed by atoms with E-state index in [1.807, 2.05) is 0 Å². The van der Waals surface area contributed by atoms with Crippen molar-refractivity contribution in [3.05, 3.63) is 0 Å². The lowest BCUT2D eigenvalue weighted by Gasteiger charge is -2.26. The van der Waals surface area contributed by atoms with Crippen LogP contribution in [-0.4, -0.2) is 41.1 Å². The molecular weight excluding hydrogens is 234 g/mol. The van der Waals surface area contributed by atoms with Gasteiger partial charge in [0.2, 0.25) is 5.91 Å². The second-order valence-corrected chi connectivity index (χ2v) is 5.53. The van der Waals surface area contributed by atoms with Crippen molar-refractivity contribution in [1.29, 1.82) is 5.26 Å². The predicted octanol–water partition coefficient (Wildman–Crippen LogP) is 1.03. The SMILES string of the molecule is CC(=O)N[C@@]1(C#N)CCN(C(=O)OC(C)(C)C)C1. The molecule has 0 aromatic rings. The van der Waals surface area contributed by atoms with Crippen LogP contribution in [0.15, 0.2) is 0 Å². The molecule has 1 fully saturated rings. The van der Waals surface area contributed by atoms with E-state index in [9.17, 15) is 9.59 Å². The zero-order valence-corrected chi connectivity index (χ0v) is 11.2. The maximum Gasteiger partial charge on any atom is 0.410 e. The topological polar surface area (TPSA) is 82.4 Å². The first kappa shape index (κ1) is 14.3. The second-order valence-electron chi connectivity index (χ2n) is 5.53. The number of amides is 2. The summed E-state index contributed by atoms with van der Waals surface area (Å²) in [7, 11) is 0. The van der Waals surface area contributed by atoms with Crippen molar-refractivity contribution in [3.8, 4) is 6.07 Å². The molecule has 6 nitrogen and oxygen atoms in total. The van der Waals surface area contributed by atoms with Crippen molar-refractivity contribution in [2.45, 2.75) is 45.3 Å². The average molecular weight is 253 g/mol. The van der Waals surface area contributed by atoms with Gasteiger partial charge in [-0.25, -0.2) is 4.79 Å². The monoisotopic (exact) mass is 253 g/mol. The van der Waals surface area contributed by atoms with Crippen LogP contribution in [0.1, 0.15) is 34.1 Å². The fourth-order valence-electron chi connectivity index (χ4n) is 1.85. The molecule has 0 spiro atoms. The number of carbonyl (C=O) groups is 2. The fourth-order valence-corrected chi connectivity index (χ4v) is 1.85. The van der Waals surface area contributed by atoms with Crippen LogP contribution in [0.3, 0.4) is 0 Å². The molecule has 0 saturated carbocycles. The van der Waals surface area contributed by atoms with Gasteiger partial charge >= 0.3 is 6.09 Å². The molecule has 18 heavy (non-hydrogen) atoms. The van der Waals surface area contributed by atoms with Crippen LogP contribution in [0.5, 0.6) is 0 Å². The van der Waals surface area contributed by atoms with E-state index in [0.29, 0.717) is 13.0 Å². The highest BCUT2D eigenvalue weighted by molar-refractivity contribution is 5.75. The zero-order valence-electron chi connectivity index (χ0n) is 11.2. The minimum Gasteiger partial charge on any atom is -0.444 e. The third-order valence-corrected chi connectivity index (χ3v) is 2.55.